The third kappa shape index (κ3) is 3.32. The average molecular weight is 341 g/mol. The van der Waals surface area contributed by atoms with Gasteiger partial charge in [-0.05, 0) is 31.9 Å². The summed E-state index contributed by atoms with van der Waals surface area (Å²) < 4.78 is 21.0. The van der Waals surface area contributed by atoms with Gasteiger partial charge in [-0.25, -0.2) is 9.37 Å². The van der Waals surface area contributed by atoms with Crippen molar-refractivity contribution >= 4 is 11.7 Å². The van der Waals surface area contributed by atoms with Crippen LogP contribution in [0.3, 0.4) is 0 Å². The Labute approximate surface area is 145 Å². The number of fused-ring (bicyclic) bond motifs is 1. The van der Waals surface area contributed by atoms with E-state index in [0.717, 1.165) is 37.4 Å². The number of benzene rings is 1. The highest BCUT2D eigenvalue weighted by Gasteiger charge is 2.21. The van der Waals surface area contributed by atoms with Crippen molar-refractivity contribution in [3.63, 3.8) is 0 Å². The summed E-state index contributed by atoms with van der Waals surface area (Å²) in [7, 11) is 0. The van der Waals surface area contributed by atoms with Crippen LogP contribution in [0.2, 0.25) is 0 Å². The molecule has 1 N–H and O–H groups in total. The molecule has 0 bridgehead atoms. The Morgan fingerprint density at radius 2 is 2.04 bits per heavy atom. The quantitative estimate of drug-likeness (QED) is 0.790. The van der Waals surface area contributed by atoms with Gasteiger partial charge in [0.05, 0.1) is 5.69 Å². The van der Waals surface area contributed by atoms with Crippen molar-refractivity contribution in [2.24, 2.45) is 0 Å². The average Bonchev–Trinajstić information content (AvgIpc) is 3.04. The lowest BCUT2D eigenvalue weighted by atomic mass is 9.96. The Morgan fingerprint density at radius 1 is 1.24 bits per heavy atom. The second-order valence-corrected chi connectivity index (χ2v) is 6.30. The first-order valence-electron chi connectivity index (χ1n) is 8.50. The van der Waals surface area contributed by atoms with Crippen molar-refractivity contribution in [2.75, 3.05) is 18.5 Å². The predicted octanol–water partition coefficient (Wildman–Crippen LogP) is 3.08. The lowest BCUT2D eigenvalue weighted by Crippen LogP contribution is -2.17. The summed E-state index contributed by atoms with van der Waals surface area (Å²) in [5.74, 6) is 1.17. The Bertz CT molecular complexity index is 888. The normalized spacial score (nSPS) is 15.6. The van der Waals surface area contributed by atoms with Gasteiger partial charge < -0.3 is 10.1 Å². The topological polar surface area (TPSA) is 64.3 Å². The fourth-order valence-corrected chi connectivity index (χ4v) is 3.19. The van der Waals surface area contributed by atoms with Gasteiger partial charge in [0.15, 0.2) is 0 Å². The number of halogens is 1. The lowest BCUT2D eigenvalue weighted by molar-refractivity contribution is 0.0840. The second-order valence-electron chi connectivity index (χ2n) is 6.30. The summed E-state index contributed by atoms with van der Waals surface area (Å²) in [4.78, 5) is 8.92. The minimum Gasteiger partial charge on any atom is -0.381 e. The molecular formula is C18H20FN5O. The van der Waals surface area contributed by atoms with Gasteiger partial charge in [-0.3, -0.25) is 0 Å². The predicted molar refractivity (Wildman–Crippen MR) is 92.0 cm³/mol. The molecule has 3 aromatic rings. The monoisotopic (exact) mass is 341 g/mol. The number of nitrogens with zero attached hydrogens (tertiary/aromatic N) is 4. The molecule has 2 aromatic heterocycles. The van der Waals surface area contributed by atoms with Gasteiger partial charge >= 0.3 is 0 Å². The van der Waals surface area contributed by atoms with Crippen LogP contribution in [0.25, 0.3) is 5.78 Å². The standard InChI is InChI=1S/C18H20FN5O/c1-12-10-16(13-6-8-25-9-7-13)24-18(21-12)22-17(23-24)20-11-14-4-2-3-5-15(14)19/h2-5,10,13H,6-9,11H2,1H3,(H,20,23). The number of rotatable bonds is 4. The number of hydrogen-bond acceptors (Lipinski definition) is 5. The van der Waals surface area contributed by atoms with E-state index in [9.17, 15) is 4.39 Å². The first-order valence-corrected chi connectivity index (χ1v) is 8.50. The van der Waals surface area contributed by atoms with E-state index in [4.69, 9.17) is 4.74 Å². The summed E-state index contributed by atoms with van der Waals surface area (Å²) in [5, 5.41) is 7.64. The van der Waals surface area contributed by atoms with Crippen LogP contribution in [-0.4, -0.2) is 32.8 Å². The summed E-state index contributed by atoms with van der Waals surface area (Å²) in [6.45, 7) is 3.82. The lowest BCUT2D eigenvalue weighted by Gasteiger charge is -2.22. The molecule has 4 rings (SSSR count). The third-order valence-electron chi connectivity index (χ3n) is 4.50. The maximum absolute atomic E-state index is 13.7. The van der Waals surface area contributed by atoms with E-state index in [-0.39, 0.29) is 5.82 Å². The SMILES string of the molecule is Cc1cc(C2CCOCC2)n2nc(NCc3ccccc3F)nc2n1. The van der Waals surface area contributed by atoms with Crippen LogP contribution in [0, 0.1) is 12.7 Å². The Balaban J connectivity index is 1.62. The van der Waals surface area contributed by atoms with Gasteiger partial charge in [0.25, 0.3) is 5.78 Å². The molecule has 0 aliphatic carbocycles. The summed E-state index contributed by atoms with van der Waals surface area (Å²) in [6.07, 6.45) is 1.94. The number of ether oxygens (including phenoxy) is 1. The van der Waals surface area contributed by atoms with Crippen LogP contribution in [0.15, 0.2) is 30.3 Å². The molecule has 1 aromatic carbocycles. The molecule has 1 aliphatic heterocycles. The van der Waals surface area contributed by atoms with Crippen molar-refractivity contribution in [1.29, 1.82) is 0 Å². The minimum absolute atomic E-state index is 0.240. The summed E-state index contributed by atoms with van der Waals surface area (Å²) in [5.41, 5.74) is 2.61. The molecule has 1 fully saturated rings. The van der Waals surface area contributed by atoms with Crippen LogP contribution in [0.4, 0.5) is 10.3 Å². The van der Waals surface area contributed by atoms with Gasteiger partial charge in [-0.2, -0.15) is 9.50 Å². The zero-order chi connectivity index (χ0) is 17.2. The molecule has 6 nitrogen and oxygen atoms in total. The molecule has 7 heteroatoms. The van der Waals surface area contributed by atoms with E-state index in [1.807, 2.05) is 13.0 Å². The van der Waals surface area contributed by atoms with E-state index < -0.39 is 0 Å². The molecule has 0 spiro atoms. The molecule has 0 amide bonds. The molecule has 0 saturated carbocycles. The molecule has 0 atom stereocenters. The maximum atomic E-state index is 13.7. The molecule has 130 valence electrons. The van der Waals surface area contributed by atoms with Gasteiger partial charge in [0.1, 0.15) is 5.82 Å². The number of nitrogens with one attached hydrogen (secondary N) is 1. The van der Waals surface area contributed by atoms with Crippen molar-refractivity contribution in [3.8, 4) is 0 Å². The highest BCUT2D eigenvalue weighted by Crippen LogP contribution is 2.27. The van der Waals surface area contributed by atoms with Gasteiger partial charge in [-0.15, -0.1) is 5.10 Å². The van der Waals surface area contributed by atoms with E-state index in [1.165, 1.54) is 6.07 Å². The van der Waals surface area contributed by atoms with Crippen LogP contribution < -0.4 is 5.32 Å². The molecular weight excluding hydrogens is 321 g/mol. The number of aryl methyl sites for hydroxylation is 1. The van der Waals surface area contributed by atoms with Crippen LogP contribution in [0.1, 0.15) is 35.7 Å². The van der Waals surface area contributed by atoms with Crippen LogP contribution in [-0.2, 0) is 11.3 Å². The molecule has 1 aliphatic rings. The highest BCUT2D eigenvalue weighted by molar-refractivity contribution is 5.40. The zero-order valence-electron chi connectivity index (χ0n) is 14.1. The molecule has 1 saturated heterocycles. The molecule has 0 radical (unpaired) electrons. The first-order chi connectivity index (χ1) is 12.2. The fraction of sp³-hybridized carbons (Fsp3) is 0.389. The minimum atomic E-state index is -0.240. The Kier molecular flexibility index (Phi) is 4.31. The summed E-state index contributed by atoms with van der Waals surface area (Å²) >= 11 is 0. The summed E-state index contributed by atoms with van der Waals surface area (Å²) in [6, 6.07) is 8.74. The Morgan fingerprint density at radius 3 is 2.84 bits per heavy atom. The first kappa shape index (κ1) is 16.0. The third-order valence-corrected chi connectivity index (χ3v) is 4.50. The number of hydrogen-bond donors (Lipinski definition) is 1. The molecule has 25 heavy (non-hydrogen) atoms. The van der Waals surface area contributed by atoms with Gasteiger partial charge in [-0.1, -0.05) is 18.2 Å². The van der Waals surface area contributed by atoms with E-state index in [0.29, 0.717) is 29.8 Å². The van der Waals surface area contributed by atoms with E-state index in [2.05, 4.69) is 26.4 Å². The highest BCUT2D eigenvalue weighted by atomic mass is 19.1. The zero-order valence-corrected chi connectivity index (χ0v) is 14.1. The van der Waals surface area contributed by atoms with Crippen molar-refractivity contribution in [3.05, 3.63) is 53.1 Å². The van der Waals surface area contributed by atoms with Crippen molar-refractivity contribution < 1.29 is 9.13 Å². The van der Waals surface area contributed by atoms with Crippen LogP contribution in [0.5, 0.6) is 0 Å². The van der Waals surface area contributed by atoms with Crippen molar-refractivity contribution in [2.45, 2.75) is 32.2 Å². The second kappa shape index (κ2) is 6.76. The smallest absolute Gasteiger partial charge is 0.254 e. The fourth-order valence-electron chi connectivity index (χ4n) is 3.19. The largest absolute Gasteiger partial charge is 0.381 e. The van der Waals surface area contributed by atoms with Crippen LogP contribution >= 0.6 is 0 Å². The Hall–Kier alpha value is -2.54. The number of anilines is 1. The molecule has 0 unspecified atom stereocenters. The van der Waals surface area contributed by atoms with E-state index >= 15 is 0 Å². The number of aromatic nitrogens is 4. The molecule has 3 heterocycles. The maximum Gasteiger partial charge on any atom is 0.254 e. The van der Waals surface area contributed by atoms with Gasteiger partial charge in [0, 0.05) is 36.9 Å². The van der Waals surface area contributed by atoms with Gasteiger partial charge in [0.2, 0.25) is 5.95 Å². The van der Waals surface area contributed by atoms with E-state index in [1.54, 1.807) is 16.6 Å². The van der Waals surface area contributed by atoms with Crippen molar-refractivity contribution in [1.82, 2.24) is 19.6 Å².